The molecule has 2 aliphatic rings. The summed E-state index contributed by atoms with van der Waals surface area (Å²) in [5, 5.41) is 0. The highest BCUT2D eigenvalue weighted by Crippen LogP contribution is 2.26. The van der Waals surface area contributed by atoms with E-state index in [9.17, 15) is 9.59 Å². The van der Waals surface area contributed by atoms with Gasteiger partial charge in [0.15, 0.2) is 0 Å². The molecule has 0 spiro atoms. The molecule has 0 bridgehead atoms. The van der Waals surface area contributed by atoms with Crippen LogP contribution < -0.4 is 9.80 Å². The van der Waals surface area contributed by atoms with Gasteiger partial charge in [-0.25, -0.2) is 4.79 Å². The number of hydrogen-bond donors (Lipinski definition) is 0. The molecule has 146 valence electrons. The van der Waals surface area contributed by atoms with Crippen molar-refractivity contribution in [3.63, 3.8) is 0 Å². The summed E-state index contributed by atoms with van der Waals surface area (Å²) in [5.74, 6) is -0.0652. The molecule has 0 saturated carbocycles. The van der Waals surface area contributed by atoms with Gasteiger partial charge in [-0.05, 0) is 36.4 Å². The number of carbonyl (C=O) groups is 2. The van der Waals surface area contributed by atoms with Crippen molar-refractivity contribution in [2.45, 2.75) is 6.10 Å². The largest absolute Gasteiger partial charge is 0.442 e. The topological polar surface area (TPSA) is 71.4 Å². The van der Waals surface area contributed by atoms with Crippen molar-refractivity contribution in [3.8, 4) is 0 Å². The van der Waals surface area contributed by atoms with Crippen LogP contribution in [0.5, 0.6) is 0 Å². The SMILES string of the molecule is O=C1COCCN1c1ccc(N2C[C@@H](C/N=C/c3ccc(Cl)s3)OC2=O)cc1. The Hall–Kier alpha value is -2.42. The third-order valence-corrected chi connectivity index (χ3v) is 5.62. The molecule has 0 aliphatic carbocycles. The monoisotopic (exact) mass is 419 g/mol. The van der Waals surface area contributed by atoms with Gasteiger partial charge in [-0.3, -0.25) is 14.7 Å². The molecule has 3 heterocycles. The first-order valence-corrected chi connectivity index (χ1v) is 10.0. The van der Waals surface area contributed by atoms with Crippen LogP contribution in [-0.4, -0.2) is 57.2 Å². The fourth-order valence-electron chi connectivity index (χ4n) is 3.09. The van der Waals surface area contributed by atoms with Gasteiger partial charge in [0.2, 0.25) is 0 Å². The van der Waals surface area contributed by atoms with Crippen LogP contribution in [0.25, 0.3) is 0 Å². The van der Waals surface area contributed by atoms with E-state index in [-0.39, 0.29) is 18.6 Å². The number of rotatable bonds is 5. The minimum Gasteiger partial charge on any atom is -0.442 e. The molecule has 0 unspecified atom stereocenters. The van der Waals surface area contributed by atoms with Gasteiger partial charge in [0, 0.05) is 29.0 Å². The normalized spacial score (nSPS) is 20.2. The Morgan fingerprint density at radius 3 is 2.57 bits per heavy atom. The van der Waals surface area contributed by atoms with Crippen LogP contribution in [-0.2, 0) is 14.3 Å². The number of morpholine rings is 1. The maximum absolute atomic E-state index is 12.2. The van der Waals surface area contributed by atoms with Crippen LogP contribution in [0, 0.1) is 0 Å². The number of amides is 2. The van der Waals surface area contributed by atoms with Crippen molar-refractivity contribution >= 4 is 52.5 Å². The van der Waals surface area contributed by atoms with Crippen LogP contribution in [0.1, 0.15) is 4.88 Å². The fraction of sp³-hybridized carbons (Fsp3) is 0.316. The zero-order valence-corrected chi connectivity index (χ0v) is 16.5. The van der Waals surface area contributed by atoms with Gasteiger partial charge in [-0.2, -0.15) is 0 Å². The summed E-state index contributed by atoms with van der Waals surface area (Å²) in [7, 11) is 0. The first-order valence-electron chi connectivity index (χ1n) is 8.81. The Balaban J connectivity index is 1.37. The number of halogens is 1. The molecular weight excluding hydrogens is 402 g/mol. The van der Waals surface area contributed by atoms with E-state index in [0.29, 0.717) is 30.6 Å². The first-order chi connectivity index (χ1) is 13.6. The Labute approximate surface area is 171 Å². The lowest BCUT2D eigenvalue weighted by molar-refractivity contribution is -0.125. The lowest BCUT2D eigenvalue weighted by Crippen LogP contribution is -2.41. The van der Waals surface area contributed by atoms with E-state index >= 15 is 0 Å². The van der Waals surface area contributed by atoms with Gasteiger partial charge in [0.1, 0.15) is 12.7 Å². The van der Waals surface area contributed by atoms with Crippen LogP contribution in [0.15, 0.2) is 41.4 Å². The molecule has 1 aromatic heterocycles. The Kier molecular flexibility index (Phi) is 5.61. The predicted octanol–water partition coefficient (Wildman–Crippen LogP) is 3.21. The molecule has 4 rings (SSSR count). The molecule has 9 heteroatoms. The molecule has 2 saturated heterocycles. The first kappa shape index (κ1) is 18.9. The maximum atomic E-state index is 12.2. The molecule has 2 aromatic rings. The second-order valence-electron chi connectivity index (χ2n) is 6.37. The van der Waals surface area contributed by atoms with E-state index in [1.807, 2.05) is 36.4 Å². The second kappa shape index (κ2) is 8.30. The third-order valence-electron chi connectivity index (χ3n) is 4.45. The molecular formula is C19H18ClN3O4S. The van der Waals surface area contributed by atoms with E-state index in [2.05, 4.69) is 4.99 Å². The molecule has 0 N–H and O–H groups in total. The highest BCUT2D eigenvalue weighted by molar-refractivity contribution is 7.17. The maximum Gasteiger partial charge on any atom is 0.414 e. The lowest BCUT2D eigenvalue weighted by atomic mass is 10.2. The molecule has 7 nitrogen and oxygen atoms in total. The predicted molar refractivity (Wildman–Crippen MR) is 109 cm³/mol. The Bertz CT molecular complexity index is 899. The lowest BCUT2D eigenvalue weighted by Gasteiger charge is -2.27. The summed E-state index contributed by atoms with van der Waals surface area (Å²) in [4.78, 5) is 32.7. The Morgan fingerprint density at radius 1 is 1.14 bits per heavy atom. The van der Waals surface area contributed by atoms with Gasteiger partial charge in [-0.15, -0.1) is 11.3 Å². The number of benzene rings is 1. The molecule has 2 amide bonds. The Morgan fingerprint density at radius 2 is 1.89 bits per heavy atom. The summed E-state index contributed by atoms with van der Waals surface area (Å²) >= 11 is 7.34. The molecule has 2 aliphatic heterocycles. The van der Waals surface area contributed by atoms with E-state index in [1.165, 1.54) is 11.3 Å². The summed E-state index contributed by atoms with van der Waals surface area (Å²) in [6.07, 6.45) is 1.04. The average Bonchev–Trinajstić information content (AvgIpc) is 3.28. The van der Waals surface area contributed by atoms with Crippen molar-refractivity contribution in [3.05, 3.63) is 45.6 Å². The van der Waals surface area contributed by atoms with Crippen LogP contribution >= 0.6 is 22.9 Å². The minimum absolute atomic E-state index is 0.0652. The number of ether oxygens (including phenoxy) is 2. The molecule has 1 atom stereocenters. The van der Waals surface area contributed by atoms with Gasteiger partial charge in [0.05, 0.1) is 24.0 Å². The molecule has 2 fully saturated rings. The number of aliphatic imine (C=N–C) groups is 1. The van der Waals surface area contributed by atoms with Crippen LogP contribution in [0.3, 0.4) is 0 Å². The second-order valence-corrected chi connectivity index (χ2v) is 8.11. The van der Waals surface area contributed by atoms with Gasteiger partial charge >= 0.3 is 6.09 Å². The number of hydrogen-bond acceptors (Lipinski definition) is 6. The van der Waals surface area contributed by atoms with E-state index < -0.39 is 6.09 Å². The highest BCUT2D eigenvalue weighted by Gasteiger charge is 2.32. The van der Waals surface area contributed by atoms with Crippen molar-refractivity contribution < 1.29 is 19.1 Å². The smallest absolute Gasteiger partial charge is 0.414 e. The van der Waals surface area contributed by atoms with Crippen LogP contribution in [0.2, 0.25) is 4.34 Å². The van der Waals surface area contributed by atoms with Crippen molar-refractivity contribution in [1.29, 1.82) is 0 Å². The average molecular weight is 420 g/mol. The van der Waals surface area contributed by atoms with Gasteiger partial charge < -0.3 is 14.4 Å². The summed E-state index contributed by atoms with van der Waals surface area (Å²) in [6.45, 7) is 1.96. The number of anilines is 2. The molecule has 28 heavy (non-hydrogen) atoms. The quantitative estimate of drug-likeness (QED) is 0.698. The number of nitrogens with zero attached hydrogens (tertiary/aromatic N) is 3. The van der Waals surface area contributed by atoms with E-state index in [1.54, 1.807) is 16.0 Å². The molecule has 0 radical (unpaired) electrons. The van der Waals surface area contributed by atoms with Gasteiger partial charge in [0.25, 0.3) is 5.91 Å². The highest BCUT2D eigenvalue weighted by atomic mass is 35.5. The van der Waals surface area contributed by atoms with Crippen molar-refractivity contribution in [2.24, 2.45) is 4.99 Å². The van der Waals surface area contributed by atoms with E-state index in [0.717, 1.165) is 16.3 Å². The minimum atomic E-state index is -0.394. The number of carbonyl (C=O) groups excluding carboxylic acids is 2. The van der Waals surface area contributed by atoms with Crippen LogP contribution in [0.4, 0.5) is 16.2 Å². The number of cyclic esters (lactones) is 1. The van der Waals surface area contributed by atoms with E-state index in [4.69, 9.17) is 21.1 Å². The summed E-state index contributed by atoms with van der Waals surface area (Å²) < 4.78 is 11.3. The standard InChI is InChI=1S/C19H18ClN3O4S/c20-17-6-5-16(28-17)10-21-9-15-11-23(19(25)27-15)14-3-1-13(2-4-14)22-7-8-26-12-18(22)24/h1-6,10,15H,7-9,11-12H2/b21-10+/t15-/m1/s1. The zero-order chi connectivity index (χ0) is 19.5. The molecule has 1 aromatic carbocycles. The van der Waals surface area contributed by atoms with Crippen molar-refractivity contribution in [2.75, 3.05) is 42.6 Å². The fourth-order valence-corrected chi connectivity index (χ4v) is 4.04. The van der Waals surface area contributed by atoms with Crippen molar-refractivity contribution in [1.82, 2.24) is 0 Å². The third kappa shape index (κ3) is 4.19. The number of thiophene rings is 1. The summed E-state index contributed by atoms with van der Waals surface area (Å²) in [5.41, 5.74) is 1.52. The summed E-state index contributed by atoms with van der Waals surface area (Å²) in [6, 6.07) is 11.0. The van der Waals surface area contributed by atoms with Gasteiger partial charge in [-0.1, -0.05) is 11.6 Å². The zero-order valence-electron chi connectivity index (χ0n) is 14.9.